The third-order valence-corrected chi connectivity index (χ3v) is 0. The minimum atomic E-state index is 0. The van der Waals surface area contributed by atoms with Crippen LogP contribution in [-0.2, 0) is 21.8 Å². The second kappa shape index (κ2) is 18.8. The fourth-order valence-electron chi connectivity index (χ4n) is 0. The van der Waals surface area contributed by atoms with Crippen LogP contribution in [0.4, 0.5) is 0 Å². The molecule has 2 radical (unpaired) electrons. The molecule has 0 saturated carbocycles. The van der Waals surface area contributed by atoms with Gasteiger partial charge in [-0.2, -0.15) is 0 Å². The first-order valence-electron chi connectivity index (χ1n) is 0.144. The Morgan fingerprint density at radius 3 is 1.25 bits per heavy atom. The van der Waals surface area contributed by atoms with E-state index in [-0.39, 0.29) is 53.5 Å². The van der Waals surface area contributed by atoms with Crippen molar-refractivity contribution in [1.82, 2.24) is 0 Å². The Kier molecular flexibility index (Phi) is 76.9. The molecule has 28 valence electrons. The zero-order valence-electron chi connectivity index (χ0n) is 2.18. The van der Waals surface area contributed by atoms with Gasteiger partial charge in [0.15, 0.2) is 0 Å². The van der Waals surface area contributed by atoms with E-state index in [1.807, 2.05) is 0 Å². The van der Waals surface area contributed by atoms with Crippen LogP contribution in [0.15, 0.2) is 0 Å². The van der Waals surface area contributed by atoms with Gasteiger partial charge in [0.25, 0.3) is 0 Å². The maximum absolute atomic E-state index is 8.18. The first-order chi connectivity index (χ1) is 1.00. The summed E-state index contributed by atoms with van der Waals surface area (Å²) in [7, 11) is 0. The van der Waals surface area contributed by atoms with Crippen LogP contribution in [-0.4, -0.2) is 53.5 Å². The van der Waals surface area contributed by atoms with Crippen LogP contribution in [0.1, 0.15) is 0 Å². The SMILES string of the molecule is [BiH3].[O]=[Ru].[PbH2]. The van der Waals surface area contributed by atoms with E-state index in [9.17, 15) is 0 Å². The van der Waals surface area contributed by atoms with Gasteiger partial charge in [0, 0.05) is 0 Å². The first kappa shape index (κ1) is 16.3. The zero-order valence-corrected chi connectivity index (χ0v) is 14.9. The van der Waals surface area contributed by atoms with Crippen molar-refractivity contribution in [3.8, 4) is 0 Å². The normalized spacial score (nSPS) is 1.25. The molecule has 0 heterocycles. The van der Waals surface area contributed by atoms with Gasteiger partial charge in [-0.25, -0.2) is 0 Å². The molecule has 0 atom stereocenters. The number of rotatable bonds is 0. The molecule has 0 unspecified atom stereocenters. The van der Waals surface area contributed by atoms with Crippen LogP contribution < -0.4 is 0 Å². The van der Waals surface area contributed by atoms with E-state index in [1.165, 1.54) is 0 Å². The van der Waals surface area contributed by atoms with Gasteiger partial charge in [-0.15, -0.1) is 0 Å². The molecule has 4 heavy (non-hydrogen) atoms. The summed E-state index contributed by atoms with van der Waals surface area (Å²) in [6.07, 6.45) is 0. The van der Waals surface area contributed by atoms with E-state index in [0.717, 1.165) is 18.3 Å². The van der Waals surface area contributed by atoms with Gasteiger partial charge >= 0.3 is 75.3 Å². The fraction of sp³-hybridized carbons (Fsp3) is 0. The van der Waals surface area contributed by atoms with Crippen LogP contribution in [0.2, 0.25) is 0 Å². The van der Waals surface area contributed by atoms with Crippen LogP contribution in [0, 0.1) is 0 Å². The molecule has 0 aromatic carbocycles. The molecule has 0 aromatic heterocycles. The van der Waals surface area contributed by atoms with Crippen molar-refractivity contribution >= 4 is 53.5 Å². The minimum absolute atomic E-state index is 0. The molecule has 0 fully saturated rings. The van der Waals surface area contributed by atoms with Gasteiger partial charge in [-0.1, -0.05) is 0 Å². The van der Waals surface area contributed by atoms with E-state index in [0.29, 0.717) is 0 Å². The van der Waals surface area contributed by atoms with Gasteiger partial charge < -0.3 is 0 Å². The summed E-state index contributed by atoms with van der Waals surface area (Å²) in [5.41, 5.74) is 0. The summed E-state index contributed by atoms with van der Waals surface area (Å²) in [6.45, 7) is 0. The molecule has 1 nitrogen and oxygen atoms in total. The Hall–Kier alpha value is 2.23. The van der Waals surface area contributed by atoms with Crippen molar-refractivity contribution in [3.63, 3.8) is 0 Å². The van der Waals surface area contributed by atoms with Crippen LogP contribution in [0.5, 0.6) is 0 Å². The third kappa shape index (κ3) is 8.87. The van der Waals surface area contributed by atoms with Gasteiger partial charge in [0.1, 0.15) is 0 Å². The molecular formula is H5BiOPbRu. The van der Waals surface area contributed by atoms with Crippen molar-refractivity contribution in [3.05, 3.63) is 0 Å². The van der Waals surface area contributed by atoms with Gasteiger partial charge in [-0.05, 0) is 0 Å². The zero-order chi connectivity index (χ0) is 2.00. The third-order valence-electron chi connectivity index (χ3n) is 0. The summed E-state index contributed by atoms with van der Waals surface area (Å²) in [4.78, 5) is 0. The second-order valence-corrected chi connectivity index (χ2v) is 0. The predicted molar refractivity (Wildman–Crippen MR) is 19.2 cm³/mol. The molecule has 0 spiro atoms. The Bertz CT molecular complexity index is 8.00. The molecule has 0 aromatic rings. The average molecular weight is 538 g/mol. The summed E-state index contributed by atoms with van der Waals surface area (Å²) in [5, 5.41) is 0. The molecule has 0 aliphatic carbocycles. The van der Waals surface area contributed by atoms with Gasteiger partial charge in [-0.3, -0.25) is 0 Å². The Morgan fingerprint density at radius 1 is 1.25 bits per heavy atom. The summed E-state index contributed by atoms with van der Waals surface area (Å²) in [6, 6.07) is 0. The van der Waals surface area contributed by atoms with E-state index in [4.69, 9.17) is 3.57 Å². The van der Waals surface area contributed by atoms with Gasteiger partial charge in [0.2, 0.25) is 0 Å². The van der Waals surface area contributed by atoms with Gasteiger partial charge in [0.05, 0.1) is 0 Å². The van der Waals surface area contributed by atoms with Crippen molar-refractivity contribution in [2.24, 2.45) is 0 Å². The molecule has 0 saturated heterocycles. The molecule has 0 rings (SSSR count). The Morgan fingerprint density at radius 2 is 1.25 bits per heavy atom. The summed E-state index contributed by atoms with van der Waals surface area (Å²) >= 11 is 1.10. The number of hydrogen-bond acceptors (Lipinski definition) is 1. The number of hydrogen-bond donors (Lipinski definition) is 0. The predicted octanol–water partition coefficient (Wildman–Crippen LogP) is -2.22. The fourth-order valence-corrected chi connectivity index (χ4v) is 0. The van der Waals surface area contributed by atoms with E-state index < -0.39 is 0 Å². The van der Waals surface area contributed by atoms with Crippen LogP contribution in [0.25, 0.3) is 0 Å². The van der Waals surface area contributed by atoms with E-state index >= 15 is 0 Å². The van der Waals surface area contributed by atoms with Crippen molar-refractivity contribution in [1.29, 1.82) is 0 Å². The first-order valence-corrected chi connectivity index (χ1v) is 0.854. The van der Waals surface area contributed by atoms with Crippen LogP contribution >= 0.6 is 0 Å². The van der Waals surface area contributed by atoms with Crippen molar-refractivity contribution in [2.75, 3.05) is 0 Å². The Labute approximate surface area is 74.1 Å². The molecule has 0 bridgehead atoms. The van der Waals surface area contributed by atoms with E-state index in [1.54, 1.807) is 0 Å². The second-order valence-electron chi connectivity index (χ2n) is 0. The van der Waals surface area contributed by atoms with Crippen molar-refractivity contribution in [2.45, 2.75) is 0 Å². The summed E-state index contributed by atoms with van der Waals surface area (Å²) in [5.74, 6) is 0. The maximum atomic E-state index is 8.18. The molecule has 0 amide bonds. The standard InChI is InChI=1S/Bi.O.Pb.Ru.5H. The topological polar surface area (TPSA) is 17.1 Å². The molecular weight excluding hydrogens is 533 g/mol. The quantitative estimate of drug-likeness (QED) is 0.320. The average Bonchev–Trinajstić information content (AvgIpc) is 1.00. The summed E-state index contributed by atoms with van der Waals surface area (Å²) < 4.78 is 8.18. The molecule has 4 heteroatoms. The molecule has 0 aliphatic heterocycles. The van der Waals surface area contributed by atoms with E-state index in [2.05, 4.69) is 0 Å². The molecule has 0 N–H and O–H groups in total. The Balaban J connectivity index is -0.00000000500. The molecule has 0 aliphatic rings. The van der Waals surface area contributed by atoms with Crippen molar-refractivity contribution < 1.29 is 21.8 Å². The van der Waals surface area contributed by atoms with Crippen LogP contribution in [0.3, 0.4) is 0 Å². The monoisotopic (exact) mass is 540 g/mol.